The van der Waals surface area contributed by atoms with Crippen LogP contribution in [0, 0.1) is 0 Å². The molecular formula is C12H8Br2N2O3S. The molecule has 0 spiro atoms. The Kier molecular flexibility index (Phi) is 4.90. The van der Waals surface area contributed by atoms with Gasteiger partial charge in [-0.25, -0.2) is 4.98 Å². The zero-order chi connectivity index (χ0) is 14.7. The molecule has 0 atom stereocenters. The zero-order valence-electron chi connectivity index (χ0n) is 9.89. The van der Waals surface area contributed by atoms with Crippen LogP contribution in [-0.4, -0.2) is 22.0 Å². The quantitative estimate of drug-likeness (QED) is 0.794. The van der Waals surface area contributed by atoms with E-state index >= 15 is 0 Å². The minimum atomic E-state index is -0.956. The number of thiazole rings is 1. The van der Waals surface area contributed by atoms with E-state index in [1.807, 2.05) is 6.07 Å². The van der Waals surface area contributed by atoms with Crippen molar-refractivity contribution >= 4 is 60.2 Å². The maximum Gasteiger partial charge on any atom is 0.309 e. The molecule has 8 heteroatoms. The SMILES string of the molecule is O=C(O)Cc1csc(NC(=O)c2cc(Br)ccc2Br)n1. The number of nitrogens with one attached hydrogen (secondary N) is 1. The standard InChI is InChI=1S/C12H8Br2N2O3S/c13-6-1-2-9(14)8(3-6)11(19)16-12-15-7(5-20-12)4-10(17)18/h1-3,5H,4H2,(H,17,18)(H,15,16,19). The number of nitrogens with zero attached hydrogens (tertiary/aromatic N) is 1. The number of hydrogen-bond acceptors (Lipinski definition) is 4. The Labute approximate surface area is 135 Å². The van der Waals surface area contributed by atoms with Crippen LogP contribution in [0.25, 0.3) is 0 Å². The summed E-state index contributed by atoms with van der Waals surface area (Å²) in [6, 6.07) is 5.26. The molecule has 0 bridgehead atoms. The van der Waals surface area contributed by atoms with Crippen molar-refractivity contribution in [2.75, 3.05) is 5.32 Å². The van der Waals surface area contributed by atoms with E-state index in [4.69, 9.17) is 5.11 Å². The number of aromatic nitrogens is 1. The third kappa shape index (κ3) is 3.87. The molecule has 20 heavy (non-hydrogen) atoms. The molecule has 2 N–H and O–H groups in total. The Morgan fingerprint density at radius 1 is 1.35 bits per heavy atom. The first-order valence-electron chi connectivity index (χ1n) is 5.38. The smallest absolute Gasteiger partial charge is 0.309 e. The molecule has 0 aliphatic rings. The molecule has 0 radical (unpaired) electrons. The lowest BCUT2D eigenvalue weighted by molar-refractivity contribution is -0.136. The van der Waals surface area contributed by atoms with E-state index in [0.717, 1.165) is 4.47 Å². The molecule has 0 aliphatic carbocycles. The van der Waals surface area contributed by atoms with Gasteiger partial charge in [-0.1, -0.05) is 15.9 Å². The minimum absolute atomic E-state index is 0.160. The van der Waals surface area contributed by atoms with Gasteiger partial charge in [0.15, 0.2) is 5.13 Å². The maximum atomic E-state index is 12.1. The van der Waals surface area contributed by atoms with Crippen LogP contribution in [0.15, 0.2) is 32.5 Å². The topological polar surface area (TPSA) is 79.3 Å². The first-order valence-corrected chi connectivity index (χ1v) is 7.85. The number of anilines is 1. The Bertz CT molecular complexity index is 672. The third-order valence-corrected chi connectivity index (χ3v) is 4.27. The van der Waals surface area contributed by atoms with E-state index in [2.05, 4.69) is 42.2 Å². The van der Waals surface area contributed by atoms with Gasteiger partial charge in [0.1, 0.15) is 0 Å². The van der Waals surface area contributed by atoms with E-state index in [-0.39, 0.29) is 12.3 Å². The Balaban J connectivity index is 2.13. The van der Waals surface area contributed by atoms with Crippen molar-refractivity contribution in [3.8, 4) is 0 Å². The second-order valence-corrected chi connectivity index (χ2v) is 6.42. The van der Waals surface area contributed by atoms with Crippen molar-refractivity contribution in [1.29, 1.82) is 0 Å². The largest absolute Gasteiger partial charge is 0.481 e. The van der Waals surface area contributed by atoms with Crippen LogP contribution >= 0.6 is 43.2 Å². The summed E-state index contributed by atoms with van der Waals surface area (Å²) in [7, 11) is 0. The molecule has 5 nitrogen and oxygen atoms in total. The van der Waals surface area contributed by atoms with Crippen LogP contribution in [-0.2, 0) is 11.2 Å². The van der Waals surface area contributed by atoms with Gasteiger partial charge in [-0.2, -0.15) is 0 Å². The number of rotatable bonds is 4. The van der Waals surface area contributed by atoms with Crippen molar-refractivity contribution < 1.29 is 14.7 Å². The van der Waals surface area contributed by atoms with Crippen LogP contribution in [0.4, 0.5) is 5.13 Å². The number of aliphatic carboxylic acids is 1. The third-order valence-electron chi connectivity index (χ3n) is 2.28. The maximum absolute atomic E-state index is 12.1. The van der Waals surface area contributed by atoms with Crippen molar-refractivity contribution in [2.24, 2.45) is 0 Å². The lowest BCUT2D eigenvalue weighted by Crippen LogP contribution is -2.12. The minimum Gasteiger partial charge on any atom is -0.481 e. The molecule has 1 heterocycles. The second-order valence-electron chi connectivity index (χ2n) is 3.79. The summed E-state index contributed by atoms with van der Waals surface area (Å²) < 4.78 is 1.46. The van der Waals surface area contributed by atoms with Gasteiger partial charge in [-0.3, -0.25) is 14.9 Å². The van der Waals surface area contributed by atoms with Gasteiger partial charge in [0.05, 0.1) is 17.7 Å². The summed E-state index contributed by atoms with van der Waals surface area (Å²) in [6.07, 6.45) is -0.160. The lowest BCUT2D eigenvalue weighted by Gasteiger charge is -2.04. The highest BCUT2D eigenvalue weighted by molar-refractivity contribution is 9.11. The van der Waals surface area contributed by atoms with Crippen LogP contribution < -0.4 is 5.32 Å². The molecule has 2 aromatic rings. The molecule has 0 unspecified atom stereocenters. The fourth-order valence-corrected chi connectivity index (χ4v) is 2.93. The lowest BCUT2D eigenvalue weighted by atomic mass is 10.2. The summed E-state index contributed by atoms with van der Waals surface area (Å²) in [6.45, 7) is 0. The molecule has 0 saturated heterocycles. The summed E-state index contributed by atoms with van der Waals surface area (Å²) in [4.78, 5) is 26.7. The molecule has 0 aliphatic heterocycles. The highest BCUT2D eigenvalue weighted by Gasteiger charge is 2.13. The van der Waals surface area contributed by atoms with Crippen LogP contribution in [0.5, 0.6) is 0 Å². The predicted octanol–water partition coefficient (Wildman–Crippen LogP) is 3.55. The normalized spacial score (nSPS) is 10.3. The highest BCUT2D eigenvalue weighted by Crippen LogP contribution is 2.23. The zero-order valence-corrected chi connectivity index (χ0v) is 13.9. The highest BCUT2D eigenvalue weighted by atomic mass is 79.9. The molecule has 0 fully saturated rings. The fourth-order valence-electron chi connectivity index (χ4n) is 1.44. The van der Waals surface area contributed by atoms with Gasteiger partial charge in [-0.15, -0.1) is 11.3 Å². The van der Waals surface area contributed by atoms with Crippen molar-refractivity contribution in [3.63, 3.8) is 0 Å². The van der Waals surface area contributed by atoms with Gasteiger partial charge >= 0.3 is 5.97 Å². The molecule has 0 saturated carbocycles. The molecule has 2 rings (SSSR count). The van der Waals surface area contributed by atoms with Gasteiger partial charge in [0.25, 0.3) is 5.91 Å². The van der Waals surface area contributed by atoms with E-state index in [1.165, 1.54) is 11.3 Å². The predicted molar refractivity (Wildman–Crippen MR) is 83.2 cm³/mol. The van der Waals surface area contributed by atoms with Gasteiger partial charge in [0.2, 0.25) is 0 Å². The fraction of sp³-hybridized carbons (Fsp3) is 0.0833. The number of carboxylic acid groups (broad SMARTS) is 1. The average Bonchev–Trinajstić information content (AvgIpc) is 2.78. The van der Waals surface area contributed by atoms with Crippen LogP contribution in [0.3, 0.4) is 0 Å². The average molecular weight is 420 g/mol. The Morgan fingerprint density at radius 3 is 2.80 bits per heavy atom. The second kappa shape index (κ2) is 6.47. The first kappa shape index (κ1) is 15.1. The number of carbonyl (C=O) groups excluding carboxylic acids is 1. The summed E-state index contributed by atoms with van der Waals surface area (Å²) >= 11 is 7.80. The number of carbonyl (C=O) groups is 2. The van der Waals surface area contributed by atoms with Crippen LogP contribution in [0.2, 0.25) is 0 Å². The van der Waals surface area contributed by atoms with E-state index in [1.54, 1.807) is 17.5 Å². The van der Waals surface area contributed by atoms with Crippen molar-refractivity contribution in [1.82, 2.24) is 4.98 Å². The summed E-state index contributed by atoms with van der Waals surface area (Å²) in [5.74, 6) is -1.27. The van der Waals surface area contributed by atoms with Crippen molar-refractivity contribution in [2.45, 2.75) is 6.42 Å². The number of carboxylic acids is 1. The van der Waals surface area contributed by atoms with Gasteiger partial charge in [-0.05, 0) is 34.1 Å². The molecule has 104 valence electrons. The van der Waals surface area contributed by atoms with E-state index in [0.29, 0.717) is 20.9 Å². The molecular weight excluding hydrogens is 412 g/mol. The van der Waals surface area contributed by atoms with Crippen molar-refractivity contribution in [3.05, 3.63) is 43.8 Å². The monoisotopic (exact) mass is 418 g/mol. The Morgan fingerprint density at radius 2 is 2.10 bits per heavy atom. The van der Waals surface area contributed by atoms with E-state index in [9.17, 15) is 9.59 Å². The number of hydrogen-bond donors (Lipinski definition) is 2. The molecule has 1 aromatic heterocycles. The first-order chi connectivity index (χ1) is 9.45. The van der Waals surface area contributed by atoms with Gasteiger partial charge in [0, 0.05) is 14.3 Å². The Hall–Kier alpha value is -1.25. The summed E-state index contributed by atoms with van der Waals surface area (Å²) in [5, 5.41) is 13.3. The van der Waals surface area contributed by atoms with E-state index < -0.39 is 5.97 Å². The number of amides is 1. The number of benzene rings is 1. The summed E-state index contributed by atoms with van der Waals surface area (Å²) in [5.41, 5.74) is 0.889. The molecule has 1 aromatic carbocycles. The van der Waals surface area contributed by atoms with Gasteiger partial charge < -0.3 is 5.11 Å². The molecule has 1 amide bonds. The number of halogens is 2. The van der Waals surface area contributed by atoms with Crippen LogP contribution in [0.1, 0.15) is 16.1 Å².